The highest BCUT2D eigenvalue weighted by Gasteiger charge is 2.32. The number of halogens is 5. The normalized spacial score (nSPS) is 11.6. The van der Waals surface area contributed by atoms with E-state index in [1.165, 1.54) is 0 Å². The molecule has 0 aliphatic rings. The SMILES string of the molecule is Nc1nc(OC(F)(F)F)cc(C=O)c1C(F)F. The molecular formula is C8H5F5N2O2. The number of hydrogen-bond acceptors (Lipinski definition) is 4. The van der Waals surface area contributed by atoms with Crippen LogP contribution in [0.15, 0.2) is 6.07 Å². The van der Waals surface area contributed by atoms with Crippen LogP contribution in [0.1, 0.15) is 22.3 Å². The number of carbonyl (C=O) groups is 1. The van der Waals surface area contributed by atoms with Gasteiger partial charge in [-0.3, -0.25) is 4.79 Å². The van der Waals surface area contributed by atoms with Crippen molar-refractivity contribution < 1.29 is 31.5 Å². The molecule has 0 saturated heterocycles. The number of ether oxygens (including phenoxy) is 1. The van der Waals surface area contributed by atoms with Crippen LogP contribution < -0.4 is 10.5 Å². The lowest BCUT2D eigenvalue weighted by atomic mass is 10.1. The Morgan fingerprint density at radius 1 is 1.41 bits per heavy atom. The number of carbonyl (C=O) groups excluding carboxylic acids is 1. The Morgan fingerprint density at radius 2 is 2.00 bits per heavy atom. The molecule has 0 bridgehead atoms. The fraction of sp³-hybridized carbons (Fsp3) is 0.250. The van der Waals surface area contributed by atoms with Gasteiger partial charge in [-0.05, 0) is 0 Å². The van der Waals surface area contributed by atoms with Crippen molar-refractivity contribution in [3.05, 3.63) is 17.2 Å². The smallest absolute Gasteiger partial charge is 0.388 e. The minimum Gasteiger partial charge on any atom is -0.388 e. The van der Waals surface area contributed by atoms with Gasteiger partial charge >= 0.3 is 6.36 Å². The molecule has 1 aromatic heterocycles. The van der Waals surface area contributed by atoms with Crippen molar-refractivity contribution in [2.75, 3.05) is 5.73 Å². The van der Waals surface area contributed by atoms with E-state index in [1.807, 2.05) is 0 Å². The molecule has 4 nitrogen and oxygen atoms in total. The number of rotatable bonds is 3. The summed E-state index contributed by atoms with van der Waals surface area (Å²) >= 11 is 0. The maximum atomic E-state index is 12.4. The van der Waals surface area contributed by atoms with Crippen LogP contribution in [0.2, 0.25) is 0 Å². The van der Waals surface area contributed by atoms with Crippen LogP contribution in [0.4, 0.5) is 27.8 Å². The molecule has 0 fully saturated rings. The first kappa shape index (κ1) is 13.1. The second kappa shape index (κ2) is 4.52. The summed E-state index contributed by atoms with van der Waals surface area (Å²) in [4.78, 5) is 13.4. The summed E-state index contributed by atoms with van der Waals surface area (Å²) in [5.74, 6) is -1.95. The number of aromatic nitrogens is 1. The van der Waals surface area contributed by atoms with E-state index in [0.29, 0.717) is 6.07 Å². The second-order valence-electron chi connectivity index (χ2n) is 2.81. The minimum absolute atomic E-state index is 0.0528. The third kappa shape index (κ3) is 3.26. The van der Waals surface area contributed by atoms with Gasteiger partial charge in [0, 0.05) is 11.6 Å². The maximum Gasteiger partial charge on any atom is 0.574 e. The van der Waals surface area contributed by atoms with E-state index in [-0.39, 0.29) is 6.29 Å². The summed E-state index contributed by atoms with van der Waals surface area (Å²) in [5, 5.41) is 0. The predicted molar refractivity (Wildman–Crippen MR) is 45.7 cm³/mol. The molecule has 0 aliphatic carbocycles. The molecule has 1 heterocycles. The molecule has 1 rings (SSSR count). The second-order valence-corrected chi connectivity index (χ2v) is 2.81. The summed E-state index contributed by atoms with van der Waals surface area (Å²) in [7, 11) is 0. The van der Waals surface area contributed by atoms with Crippen molar-refractivity contribution in [3.63, 3.8) is 0 Å². The Labute approximate surface area is 91.2 Å². The molecule has 94 valence electrons. The average Bonchev–Trinajstić information content (AvgIpc) is 2.12. The van der Waals surface area contributed by atoms with Gasteiger partial charge in [0.1, 0.15) is 5.82 Å². The van der Waals surface area contributed by atoms with E-state index < -0.39 is 35.6 Å². The largest absolute Gasteiger partial charge is 0.574 e. The lowest BCUT2D eigenvalue weighted by Crippen LogP contribution is -2.19. The van der Waals surface area contributed by atoms with Crippen LogP contribution in [-0.4, -0.2) is 17.6 Å². The fourth-order valence-electron chi connectivity index (χ4n) is 1.08. The van der Waals surface area contributed by atoms with Gasteiger partial charge in [0.05, 0.1) is 5.56 Å². The van der Waals surface area contributed by atoms with Gasteiger partial charge in [-0.2, -0.15) is 4.98 Å². The molecule has 0 spiro atoms. The lowest BCUT2D eigenvalue weighted by molar-refractivity contribution is -0.276. The quantitative estimate of drug-likeness (QED) is 0.665. The predicted octanol–water partition coefficient (Wildman–Crippen LogP) is 2.31. The van der Waals surface area contributed by atoms with Gasteiger partial charge in [0.25, 0.3) is 6.43 Å². The third-order valence-electron chi connectivity index (χ3n) is 1.66. The fourth-order valence-corrected chi connectivity index (χ4v) is 1.08. The summed E-state index contributed by atoms with van der Waals surface area (Å²) in [6.07, 6.45) is -8.23. The summed E-state index contributed by atoms with van der Waals surface area (Å²) in [6, 6.07) is 0.443. The Hall–Kier alpha value is -1.93. The Kier molecular flexibility index (Phi) is 3.49. The minimum atomic E-state index is -5.05. The number of anilines is 1. The van der Waals surface area contributed by atoms with E-state index in [0.717, 1.165) is 0 Å². The van der Waals surface area contributed by atoms with Crippen molar-refractivity contribution in [2.45, 2.75) is 12.8 Å². The van der Waals surface area contributed by atoms with Crippen LogP contribution in [0.3, 0.4) is 0 Å². The van der Waals surface area contributed by atoms with E-state index in [4.69, 9.17) is 5.73 Å². The van der Waals surface area contributed by atoms with Crippen molar-refractivity contribution in [1.82, 2.24) is 4.98 Å². The van der Waals surface area contributed by atoms with Crippen molar-refractivity contribution in [3.8, 4) is 5.88 Å². The zero-order valence-corrected chi connectivity index (χ0v) is 7.96. The molecule has 0 amide bonds. The van der Waals surface area contributed by atoms with Crippen LogP contribution in [0.5, 0.6) is 5.88 Å². The molecule has 0 aromatic carbocycles. The first-order valence-electron chi connectivity index (χ1n) is 4.04. The standard InChI is InChI=1S/C8H5F5N2O2/c9-6(10)5-3(2-16)1-4(15-7(5)14)17-8(11,12)13/h1-2,6H,(H2,14,15). The van der Waals surface area contributed by atoms with Gasteiger partial charge in [-0.25, -0.2) is 8.78 Å². The zero-order chi connectivity index (χ0) is 13.2. The number of alkyl halides is 5. The van der Waals surface area contributed by atoms with Gasteiger partial charge in [0.15, 0.2) is 6.29 Å². The van der Waals surface area contributed by atoms with E-state index in [9.17, 15) is 26.7 Å². The molecule has 1 aromatic rings. The number of nitrogens with two attached hydrogens (primary N) is 1. The first-order valence-corrected chi connectivity index (χ1v) is 4.04. The highest BCUT2D eigenvalue weighted by Crippen LogP contribution is 2.31. The Balaban J connectivity index is 3.23. The van der Waals surface area contributed by atoms with Gasteiger partial charge in [0.2, 0.25) is 5.88 Å². The Morgan fingerprint density at radius 3 is 2.41 bits per heavy atom. The number of aldehydes is 1. The van der Waals surface area contributed by atoms with Crippen molar-refractivity contribution in [1.29, 1.82) is 0 Å². The lowest BCUT2D eigenvalue weighted by Gasteiger charge is -2.11. The van der Waals surface area contributed by atoms with Crippen molar-refractivity contribution >= 4 is 12.1 Å². The average molecular weight is 256 g/mol. The summed E-state index contributed by atoms with van der Waals surface area (Å²) < 4.78 is 63.7. The van der Waals surface area contributed by atoms with Crippen LogP contribution in [0.25, 0.3) is 0 Å². The van der Waals surface area contributed by atoms with Crippen LogP contribution in [0, 0.1) is 0 Å². The molecule has 17 heavy (non-hydrogen) atoms. The molecule has 9 heteroatoms. The molecule has 0 unspecified atom stereocenters. The van der Waals surface area contributed by atoms with Crippen LogP contribution >= 0.6 is 0 Å². The summed E-state index contributed by atoms with van der Waals surface area (Å²) in [5.41, 5.74) is 3.40. The third-order valence-corrected chi connectivity index (χ3v) is 1.66. The topological polar surface area (TPSA) is 65.2 Å². The molecule has 0 radical (unpaired) electrons. The van der Waals surface area contributed by atoms with Crippen LogP contribution in [-0.2, 0) is 0 Å². The first-order chi connectivity index (χ1) is 7.74. The molecule has 0 saturated carbocycles. The Bertz CT molecular complexity index is 433. The number of hydrogen-bond donors (Lipinski definition) is 1. The highest BCUT2D eigenvalue weighted by molar-refractivity contribution is 5.80. The molecule has 0 aliphatic heterocycles. The van der Waals surface area contributed by atoms with Gasteiger partial charge < -0.3 is 10.5 Å². The highest BCUT2D eigenvalue weighted by atomic mass is 19.4. The van der Waals surface area contributed by atoms with Crippen molar-refractivity contribution in [2.24, 2.45) is 0 Å². The van der Waals surface area contributed by atoms with Gasteiger partial charge in [-0.1, -0.05) is 0 Å². The van der Waals surface area contributed by atoms with E-state index >= 15 is 0 Å². The number of nitrogen functional groups attached to an aromatic ring is 1. The van der Waals surface area contributed by atoms with Gasteiger partial charge in [-0.15, -0.1) is 13.2 Å². The number of pyridine rings is 1. The molecule has 0 atom stereocenters. The zero-order valence-electron chi connectivity index (χ0n) is 7.96. The maximum absolute atomic E-state index is 12.4. The molecule has 2 N–H and O–H groups in total. The molecular weight excluding hydrogens is 251 g/mol. The van der Waals surface area contributed by atoms with E-state index in [1.54, 1.807) is 0 Å². The number of nitrogens with zero attached hydrogens (tertiary/aromatic N) is 1. The monoisotopic (exact) mass is 256 g/mol. The van der Waals surface area contributed by atoms with E-state index in [2.05, 4.69) is 9.72 Å². The summed E-state index contributed by atoms with van der Waals surface area (Å²) in [6.45, 7) is 0.